The lowest BCUT2D eigenvalue weighted by molar-refractivity contribution is -0.354. The molecule has 42 heavy (non-hydrogen) atoms. The second-order valence-electron chi connectivity index (χ2n) is 11.5. The van der Waals surface area contributed by atoms with Gasteiger partial charge in [-0.1, -0.05) is 105 Å². The Balaban J connectivity index is 4.66. The van der Waals surface area contributed by atoms with Crippen LogP contribution in [-0.4, -0.2) is 50.3 Å². The smallest absolute Gasteiger partial charge is 0.326 e. The number of hydrogen-bond acceptors (Lipinski definition) is 8. The third-order valence-corrected chi connectivity index (χ3v) is 7.06. The highest BCUT2D eigenvalue weighted by molar-refractivity contribution is 5.71. The maximum absolute atomic E-state index is 12.7. The van der Waals surface area contributed by atoms with E-state index in [0.717, 1.165) is 103 Å². The highest BCUT2D eigenvalue weighted by atomic mass is 16.9. The Kier molecular flexibility index (Phi) is 26.5. The van der Waals surface area contributed by atoms with Gasteiger partial charge in [0, 0.05) is 26.7 Å². The van der Waals surface area contributed by atoms with Gasteiger partial charge in [-0.3, -0.25) is 9.59 Å². The molecule has 0 atom stereocenters. The van der Waals surface area contributed by atoms with Crippen LogP contribution in [0.5, 0.6) is 0 Å². The van der Waals surface area contributed by atoms with Crippen LogP contribution in [0.2, 0.25) is 0 Å². The number of unbranched alkanes of at least 4 members (excludes halogenated alkanes) is 13. The number of carbonyl (C=O) groups is 2. The van der Waals surface area contributed by atoms with Crippen molar-refractivity contribution in [2.75, 3.05) is 26.4 Å². The van der Waals surface area contributed by atoms with Gasteiger partial charge < -0.3 is 28.4 Å². The molecule has 0 bridgehead atoms. The van der Waals surface area contributed by atoms with Gasteiger partial charge >= 0.3 is 23.9 Å². The lowest BCUT2D eigenvalue weighted by atomic mass is 10.2. The largest absolute Gasteiger partial charge is 0.408 e. The highest BCUT2D eigenvalue weighted by Gasteiger charge is 2.32. The molecule has 0 aromatic carbocycles. The van der Waals surface area contributed by atoms with E-state index in [4.69, 9.17) is 28.4 Å². The van der Waals surface area contributed by atoms with E-state index in [-0.39, 0.29) is 12.8 Å². The van der Waals surface area contributed by atoms with Crippen LogP contribution in [-0.2, 0) is 38.0 Å². The molecule has 0 rings (SSSR count). The Morgan fingerprint density at radius 2 is 0.667 bits per heavy atom. The third-order valence-electron chi connectivity index (χ3n) is 7.06. The molecule has 0 N–H and O–H groups in total. The molecule has 0 aliphatic carbocycles. The van der Waals surface area contributed by atoms with Crippen molar-refractivity contribution >= 4 is 11.9 Å². The fourth-order valence-corrected chi connectivity index (χ4v) is 4.40. The minimum atomic E-state index is -1.39. The van der Waals surface area contributed by atoms with Gasteiger partial charge in [-0.05, 0) is 38.5 Å². The van der Waals surface area contributed by atoms with Gasteiger partial charge in [0.1, 0.15) is 0 Å². The molecule has 0 aliphatic heterocycles. The molecule has 0 unspecified atom stereocenters. The van der Waals surface area contributed by atoms with E-state index >= 15 is 0 Å². The second kappa shape index (κ2) is 27.3. The summed E-state index contributed by atoms with van der Waals surface area (Å²) in [5.41, 5.74) is 0. The zero-order chi connectivity index (χ0) is 31.4. The number of esters is 2. The summed E-state index contributed by atoms with van der Waals surface area (Å²) in [6.45, 7) is 13.9. The van der Waals surface area contributed by atoms with E-state index in [0.29, 0.717) is 39.3 Å². The van der Waals surface area contributed by atoms with Gasteiger partial charge in [0.05, 0.1) is 26.4 Å². The first-order valence-electron chi connectivity index (χ1n) is 17.2. The molecular weight excluding hydrogens is 536 g/mol. The molecule has 0 fully saturated rings. The van der Waals surface area contributed by atoms with Crippen molar-refractivity contribution in [2.24, 2.45) is 0 Å². The minimum Gasteiger partial charge on any atom is -0.408 e. The molecule has 8 heteroatoms. The van der Waals surface area contributed by atoms with E-state index in [1.165, 1.54) is 0 Å². The van der Waals surface area contributed by atoms with Gasteiger partial charge in [-0.15, -0.1) is 0 Å². The van der Waals surface area contributed by atoms with Crippen molar-refractivity contribution in [1.82, 2.24) is 0 Å². The van der Waals surface area contributed by atoms with E-state index in [9.17, 15) is 9.59 Å². The van der Waals surface area contributed by atoms with E-state index in [2.05, 4.69) is 27.7 Å². The first kappa shape index (κ1) is 40.8. The Hall–Kier alpha value is -1.22. The lowest BCUT2D eigenvalue weighted by Gasteiger charge is -2.29. The van der Waals surface area contributed by atoms with Crippen molar-refractivity contribution in [3.8, 4) is 0 Å². The summed E-state index contributed by atoms with van der Waals surface area (Å²) in [6.07, 6.45) is 18.3. The molecule has 0 radical (unpaired) electrons. The summed E-state index contributed by atoms with van der Waals surface area (Å²) in [6, 6.07) is 0. The van der Waals surface area contributed by atoms with Crippen LogP contribution >= 0.6 is 0 Å². The van der Waals surface area contributed by atoms with Gasteiger partial charge in [0.25, 0.3) is 0 Å². The molecule has 0 amide bonds. The predicted octanol–water partition coefficient (Wildman–Crippen LogP) is 9.37. The topological polar surface area (TPSA) is 89.5 Å². The Morgan fingerprint density at radius 3 is 0.905 bits per heavy atom. The zero-order valence-electron chi connectivity index (χ0n) is 28.2. The summed E-state index contributed by atoms with van der Waals surface area (Å²) in [5.74, 6) is -3.58. The van der Waals surface area contributed by atoms with Crippen molar-refractivity contribution in [1.29, 1.82) is 0 Å². The van der Waals surface area contributed by atoms with Crippen LogP contribution in [0, 0.1) is 0 Å². The average Bonchev–Trinajstić information content (AvgIpc) is 2.95. The third kappa shape index (κ3) is 24.2. The number of hydrogen-bond donors (Lipinski definition) is 0. The Bertz CT molecular complexity index is 557. The summed E-state index contributed by atoms with van der Waals surface area (Å²) in [7, 11) is 0. The second-order valence-corrected chi connectivity index (χ2v) is 11.5. The molecule has 0 heterocycles. The van der Waals surface area contributed by atoms with Crippen molar-refractivity contribution < 1.29 is 38.0 Å². The molecule has 250 valence electrons. The average molecular weight is 603 g/mol. The molecule has 0 aliphatic rings. The first-order chi connectivity index (χ1) is 20.2. The fraction of sp³-hybridized carbons (Fsp3) is 0.941. The van der Waals surface area contributed by atoms with Crippen molar-refractivity contribution in [3.05, 3.63) is 0 Å². The zero-order valence-corrected chi connectivity index (χ0v) is 28.2. The van der Waals surface area contributed by atoms with E-state index < -0.39 is 23.9 Å². The maximum Gasteiger partial charge on any atom is 0.326 e. The molecule has 0 aromatic rings. The molecule has 0 saturated carbocycles. The SMILES string of the molecule is CCCCCCOC(C)(OCCCCCC)OC(=O)CCCCC(=O)OC(C)(OCCCCCC)OCCCCCC. The van der Waals surface area contributed by atoms with Gasteiger partial charge in [0.2, 0.25) is 0 Å². The molecular formula is C34H66O8. The molecule has 0 spiro atoms. The van der Waals surface area contributed by atoms with Crippen LogP contribution in [0.3, 0.4) is 0 Å². The van der Waals surface area contributed by atoms with Crippen LogP contribution in [0.25, 0.3) is 0 Å². The summed E-state index contributed by atoms with van der Waals surface area (Å²) < 4.78 is 34.9. The van der Waals surface area contributed by atoms with Crippen molar-refractivity contribution in [3.63, 3.8) is 0 Å². The van der Waals surface area contributed by atoms with Crippen molar-refractivity contribution in [2.45, 2.75) is 182 Å². The Morgan fingerprint density at radius 1 is 0.405 bits per heavy atom. The number of carbonyl (C=O) groups excluding carboxylic acids is 2. The predicted molar refractivity (Wildman–Crippen MR) is 168 cm³/mol. The minimum absolute atomic E-state index is 0.167. The normalized spacial score (nSPS) is 12.0. The van der Waals surface area contributed by atoms with Crippen LogP contribution in [0.4, 0.5) is 0 Å². The summed E-state index contributed by atoms with van der Waals surface area (Å²) in [4.78, 5) is 25.3. The maximum atomic E-state index is 12.7. The number of rotatable bonds is 31. The lowest BCUT2D eigenvalue weighted by Crippen LogP contribution is -2.39. The fourth-order valence-electron chi connectivity index (χ4n) is 4.40. The highest BCUT2D eigenvalue weighted by Crippen LogP contribution is 2.21. The standard InChI is InChI=1S/C34H66O8/c1-7-11-15-21-27-37-33(5,38-28-22-16-12-8-2)41-31(35)25-19-20-26-32(36)42-34(6,39-29-23-17-13-9-3)40-30-24-18-14-10-4/h7-30H2,1-6H3. The first-order valence-corrected chi connectivity index (χ1v) is 17.2. The van der Waals surface area contributed by atoms with Crippen LogP contribution < -0.4 is 0 Å². The quantitative estimate of drug-likeness (QED) is 0.0440. The van der Waals surface area contributed by atoms with E-state index in [1.807, 2.05) is 0 Å². The molecule has 8 nitrogen and oxygen atoms in total. The molecule has 0 aromatic heterocycles. The Labute approximate surface area is 258 Å². The van der Waals surface area contributed by atoms with Gasteiger partial charge in [0.15, 0.2) is 0 Å². The van der Waals surface area contributed by atoms with Gasteiger partial charge in [-0.25, -0.2) is 0 Å². The van der Waals surface area contributed by atoms with Crippen LogP contribution in [0.15, 0.2) is 0 Å². The monoisotopic (exact) mass is 602 g/mol. The molecule has 0 saturated heterocycles. The number of ether oxygens (including phenoxy) is 6. The summed E-state index contributed by atoms with van der Waals surface area (Å²) >= 11 is 0. The van der Waals surface area contributed by atoms with Gasteiger partial charge in [-0.2, -0.15) is 0 Å². The summed E-state index contributed by atoms with van der Waals surface area (Å²) in [5, 5.41) is 0. The van der Waals surface area contributed by atoms with E-state index in [1.54, 1.807) is 13.8 Å². The van der Waals surface area contributed by atoms with Crippen LogP contribution in [0.1, 0.15) is 170 Å².